The normalized spacial score (nSPS) is 16.1. The molecular weight excluding hydrogens is 290 g/mol. The number of primary amides is 1. The molecule has 119 valence electrons. The summed E-state index contributed by atoms with van der Waals surface area (Å²) in [6.45, 7) is 4.67. The molecule has 1 amide bonds. The van der Waals surface area contributed by atoms with Crippen molar-refractivity contribution in [3.63, 3.8) is 0 Å². The molecule has 2 N–H and O–H groups in total. The summed E-state index contributed by atoms with van der Waals surface area (Å²) in [6, 6.07) is 10.4. The Hall–Kier alpha value is -2.47. The van der Waals surface area contributed by atoms with Gasteiger partial charge in [0, 0.05) is 51.2 Å². The van der Waals surface area contributed by atoms with Crippen LogP contribution in [-0.2, 0) is 6.54 Å². The van der Waals surface area contributed by atoms with E-state index in [1.54, 1.807) is 12.3 Å². The van der Waals surface area contributed by atoms with E-state index in [1.165, 1.54) is 5.56 Å². The summed E-state index contributed by atoms with van der Waals surface area (Å²) in [7, 11) is 0. The highest BCUT2D eigenvalue weighted by Crippen LogP contribution is 2.15. The van der Waals surface area contributed by atoms with Gasteiger partial charge < -0.3 is 10.6 Å². The van der Waals surface area contributed by atoms with Crippen LogP contribution in [0.15, 0.2) is 36.7 Å². The number of hydrogen-bond acceptors (Lipinski definition) is 5. The van der Waals surface area contributed by atoms with Gasteiger partial charge in [-0.2, -0.15) is 0 Å². The summed E-state index contributed by atoms with van der Waals surface area (Å²) in [6.07, 6.45) is 4.75. The number of aromatic nitrogens is 2. The van der Waals surface area contributed by atoms with Crippen LogP contribution in [0.4, 0.5) is 5.82 Å². The average Bonchev–Trinajstić information content (AvgIpc) is 2.81. The maximum atomic E-state index is 11.3. The summed E-state index contributed by atoms with van der Waals surface area (Å²) in [4.78, 5) is 24.4. The van der Waals surface area contributed by atoms with Crippen LogP contribution in [-0.4, -0.2) is 47.0 Å². The van der Waals surface area contributed by atoms with Crippen molar-refractivity contribution in [2.75, 3.05) is 31.1 Å². The van der Waals surface area contributed by atoms with Crippen molar-refractivity contribution in [2.45, 2.75) is 13.0 Å². The van der Waals surface area contributed by atoms with Gasteiger partial charge in [0.25, 0.3) is 5.91 Å². The zero-order valence-electron chi connectivity index (χ0n) is 13.0. The standard InChI is InChI=1S/C17H20N5O/c18-17(23)15-5-1-6-16(20-15)22-9-3-8-21(10-11-22)13-14-4-2-7-19-12-14/h1-2,4,6-7,12H,3,8-11,13H2,(H2,18,23). The number of pyridine rings is 2. The van der Waals surface area contributed by atoms with Gasteiger partial charge in [-0.15, -0.1) is 0 Å². The zero-order valence-corrected chi connectivity index (χ0v) is 13.0. The Morgan fingerprint density at radius 1 is 1.26 bits per heavy atom. The van der Waals surface area contributed by atoms with Crippen molar-refractivity contribution in [3.05, 3.63) is 54.0 Å². The highest BCUT2D eigenvalue weighted by molar-refractivity contribution is 5.90. The third-order valence-corrected chi connectivity index (χ3v) is 3.95. The van der Waals surface area contributed by atoms with Gasteiger partial charge in [0.2, 0.25) is 0 Å². The summed E-state index contributed by atoms with van der Waals surface area (Å²) >= 11 is 0. The molecule has 1 fully saturated rings. The third kappa shape index (κ3) is 4.04. The number of nitrogens with zero attached hydrogens (tertiary/aromatic N) is 4. The van der Waals surface area contributed by atoms with E-state index in [1.807, 2.05) is 18.3 Å². The molecule has 3 rings (SSSR count). The Labute approximate surface area is 135 Å². The molecular formula is C17H20N5O. The molecule has 23 heavy (non-hydrogen) atoms. The van der Waals surface area contributed by atoms with Gasteiger partial charge in [0.05, 0.1) is 0 Å². The second kappa shape index (κ2) is 7.19. The van der Waals surface area contributed by atoms with Gasteiger partial charge in [0.15, 0.2) is 0 Å². The summed E-state index contributed by atoms with van der Waals surface area (Å²) in [5.41, 5.74) is 6.71. The lowest BCUT2D eigenvalue weighted by Crippen LogP contribution is -2.31. The minimum Gasteiger partial charge on any atom is -0.364 e. The van der Waals surface area contributed by atoms with Gasteiger partial charge >= 0.3 is 0 Å². The molecule has 0 spiro atoms. The molecule has 6 heteroatoms. The molecule has 1 saturated heterocycles. The van der Waals surface area contributed by atoms with E-state index in [9.17, 15) is 4.79 Å². The van der Waals surface area contributed by atoms with Crippen molar-refractivity contribution in [3.8, 4) is 0 Å². The fourth-order valence-corrected chi connectivity index (χ4v) is 2.79. The maximum absolute atomic E-state index is 11.3. The number of carbonyl (C=O) groups excluding carboxylic acids is 1. The second-order valence-electron chi connectivity index (χ2n) is 5.64. The molecule has 0 aliphatic carbocycles. The van der Waals surface area contributed by atoms with Crippen molar-refractivity contribution < 1.29 is 4.79 Å². The van der Waals surface area contributed by atoms with E-state index in [-0.39, 0.29) is 5.69 Å². The predicted molar refractivity (Wildman–Crippen MR) is 87.9 cm³/mol. The van der Waals surface area contributed by atoms with Crippen molar-refractivity contribution >= 4 is 11.7 Å². The van der Waals surface area contributed by atoms with Crippen molar-refractivity contribution in [2.24, 2.45) is 5.73 Å². The second-order valence-corrected chi connectivity index (χ2v) is 5.64. The van der Waals surface area contributed by atoms with Crippen LogP contribution >= 0.6 is 0 Å². The Bertz CT molecular complexity index is 661. The lowest BCUT2D eigenvalue weighted by Gasteiger charge is -2.23. The van der Waals surface area contributed by atoms with Crippen LogP contribution in [0, 0.1) is 6.07 Å². The minimum absolute atomic E-state index is 0.193. The number of nitrogens with two attached hydrogens (primary N) is 1. The molecule has 0 unspecified atom stereocenters. The van der Waals surface area contributed by atoms with E-state index < -0.39 is 5.91 Å². The van der Waals surface area contributed by atoms with E-state index in [0.717, 1.165) is 45.0 Å². The summed E-state index contributed by atoms with van der Waals surface area (Å²) in [5, 5.41) is 0. The number of anilines is 1. The van der Waals surface area contributed by atoms with Crippen LogP contribution in [0.1, 0.15) is 22.5 Å². The van der Waals surface area contributed by atoms with Crippen molar-refractivity contribution in [1.29, 1.82) is 0 Å². The average molecular weight is 310 g/mol. The molecule has 3 heterocycles. The summed E-state index contributed by atoms with van der Waals surface area (Å²) in [5.74, 6) is 0.251. The minimum atomic E-state index is -0.542. The number of carbonyl (C=O) groups is 1. The first-order chi connectivity index (χ1) is 11.2. The Morgan fingerprint density at radius 2 is 2.17 bits per heavy atom. The predicted octanol–water partition coefficient (Wildman–Crippen LogP) is 1.09. The molecule has 0 saturated carbocycles. The van der Waals surface area contributed by atoms with E-state index in [0.29, 0.717) is 0 Å². The first kappa shape index (κ1) is 15.4. The molecule has 0 aromatic carbocycles. The lowest BCUT2D eigenvalue weighted by atomic mass is 10.2. The van der Waals surface area contributed by atoms with Crippen LogP contribution < -0.4 is 10.6 Å². The van der Waals surface area contributed by atoms with E-state index in [2.05, 4.69) is 31.9 Å². The van der Waals surface area contributed by atoms with Crippen LogP contribution in [0.2, 0.25) is 0 Å². The quantitative estimate of drug-likeness (QED) is 0.915. The Balaban J connectivity index is 1.64. The molecule has 6 nitrogen and oxygen atoms in total. The van der Waals surface area contributed by atoms with Crippen LogP contribution in [0.3, 0.4) is 0 Å². The fraction of sp³-hybridized carbons (Fsp3) is 0.353. The fourth-order valence-electron chi connectivity index (χ4n) is 2.79. The molecule has 1 aliphatic rings. The van der Waals surface area contributed by atoms with Crippen molar-refractivity contribution in [1.82, 2.24) is 14.9 Å². The largest absolute Gasteiger partial charge is 0.364 e. The molecule has 2 aromatic heterocycles. The topological polar surface area (TPSA) is 75.4 Å². The van der Waals surface area contributed by atoms with E-state index in [4.69, 9.17) is 5.73 Å². The summed E-state index contributed by atoms with van der Waals surface area (Å²) < 4.78 is 0. The van der Waals surface area contributed by atoms with Gasteiger partial charge in [-0.3, -0.25) is 14.7 Å². The molecule has 0 atom stereocenters. The van der Waals surface area contributed by atoms with Gasteiger partial charge in [-0.05, 0) is 30.2 Å². The zero-order chi connectivity index (χ0) is 16.1. The smallest absolute Gasteiger partial charge is 0.268 e. The first-order valence-electron chi connectivity index (χ1n) is 7.77. The van der Waals surface area contributed by atoms with Crippen LogP contribution in [0.5, 0.6) is 0 Å². The first-order valence-corrected chi connectivity index (χ1v) is 7.77. The highest BCUT2D eigenvalue weighted by atomic mass is 16.1. The number of amides is 1. The molecule has 2 aromatic rings. The van der Waals surface area contributed by atoms with Crippen LogP contribution in [0.25, 0.3) is 0 Å². The third-order valence-electron chi connectivity index (χ3n) is 3.95. The molecule has 1 aliphatic heterocycles. The van der Waals surface area contributed by atoms with Gasteiger partial charge in [-0.1, -0.05) is 6.07 Å². The monoisotopic (exact) mass is 310 g/mol. The van der Waals surface area contributed by atoms with Gasteiger partial charge in [0.1, 0.15) is 11.5 Å². The lowest BCUT2D eigenvalue weighted by molar-refractivity contribution is 0.0995. The Kier molecular flexibility index (Phi) is 4.83. The molecule has 0 bridgehead atoms. The Morgan fingerprint density at radius 3 is 2.96 bits per heavy atom. The number of hydrogen-bond donors (Lipinski definition) is 1. The SMILES string of the molecule is NC(=O)c1[c]ccc(N2CCCN(Cc3cccnc3)CC2)n1. The maximum Gasteiger partial charge on any atom is 0.268 e. The van der Waals surface area contributed by atoms with E-state index >= 15 is 0 Å². The van der Waals surface area contributed by atoms with Gasteiger partial charge in [-0.25, -0.2) is 4.98 Å². The number of rotatable bonds is 4. The molecule has 1 radical (unpaired) electrons. The highest BCUT2D eigenvalue weighted by Gasteiger charge is 2.17.